The van der Waals surface area contributed by atoms with E-state index in [1.807, 2.05) is 30.3 Å². The van der Waals surface area contributed by atoms with Crippen molar-refractivity contribution in [3.63, 3.8) is 0 Å². The van der Waals surface area contributed by atoms with Gasteiger partial charge in [-0.3, -0.25) is 0 Å². The molecule has 17 heavy (non-hydrogen) atoms. The molecule has 0 bridgehead atoms. The van der Waals surface area contributed by atoms with Gasteiger partial charge in [0.25, 0.3) is 0 Å². The van der Waals surface area contributed by atoms with Crippen molar-refractivity contribution in [2.45, 2.75) is 6.42 Å². The van der Waals surface area contributed by atoms with Gasteiger partial charge in [0.1, 0.15) is 11.6 Å². The summed E-state index contributed by atoms with van der Waals surface area (Å²) in [5.74, 6) is 0.662. The second-order valence-electron chi connectivity index (χ2n) is 4.06. The van der Waals surface area contributed by atoms with Gasteiger partial charge in [-0.1, -0.05) is 30.3 Å². The van der Waals surface area contributed by atoms with E-state index >= 15 is 0 Å². The zero-order valence-electron chi connectivity index (χ0n) is 9.19. The van der Waals surface area contributed by atoms with Crippen LogP contribution in [0.15, 0.2) is 54.8 Å². The molecule has 2 aromatic rings. The Morgan fingerprint density at radius 3 is 2.76 bits per heavy atom. The summed E-state index contributed by atoms with van der Waals surface area (Å²) in [6, 6.07) is 14.5. The Bertz CT molecular complexity index is 587. The largest absolute Gasteiger partial charge is 0.464 e. The van der Waals surface area contributed by atoms with Crippen LogP contribution in [0.3, 0.4) is 0 Å². The van der Waals surface area contributed by atoms with Crippen LogP contribution >= 0.6 is 0 Å². The lowest BCUT2D eigenvalue weighted by atomic mass is 9.97. The maximum absolute atomic E-state index is 13.2. The lowest BCUT2D eigenvalue weighted by Gasteiger charge is -2.17. The second kappa shape index (κ2) is 4.06. The third-order valence-electron chi connectivity index (χ3n) is 2.88. The number of hydrogen-bond donors (Lipinski definition) is 0. The highest BCUT2D eigenvalue weighted by molar-refractivity contribution is 5.69. The quantitative estimate of drug-likeness (QED) is 0.718. The van der Waals surface area contributed by atoms with Gasteiger partial charge in [-0.25, -0.2) is 4.39 Å². The van der Waals surface area contributed by atoms with Crippen LogP contribution < -0.4 is 4.74 Å². The van der Waals surface area contributed by atoms with E-state index in [1.54, 1.807) is 12.3 Å². The van der Waals surface area contributed by atoms with Crippen LogP contribution in [0.1, 0.15) is 11.1 Å². The first-order valence-corrected chi connectivity index (χ1v) is 5.52. The molecule has 2 heteroatoms. The smallest absolute Gasteiger partial charge is 0.130 e. The molecule has 2 aromatic carbocycles. The molecule has 0 unspecified atom stereocenters. The summed E-state index contributed by atoms with van der Waals surface area (Å²) in [5.41, 5.74) is 3.01. The van der Waals surface area contributed by atoms with E-state index in [2.05, 4.69) is 0 Å². The molecule has 84 valence electrons. The highest BCUT2D eigenvalue weighted by atomic mass is 19.1. The Morgan fingerprint density at radius 2 is 1.88 bits per heavy atom. The van der Waals surface area contributed by atoms with Gasteiger partial charge in [-0.2, -0.15) is 0 Å². The highest BCUT2D eigenvalue weighted by Gasteiger charge is 2.13. The highest BCUT2D eigenvalue weighted by Crippen LogP contribution is 2.30. The number of para-hydroxylation sites is 1. The van der Waals surface area contributed by atoms with Crippen molar-refractivity contribution < 1.29 is 9.13 Å². The molecule has 0 saturated carbocycles. The minimum absolute atomic E-state index is 0.220. The Morgan fingerprint density at radius 1 is 1.00 bits per heavy atom. The summed E-state index contributed by atoms with van der Waals surface area (Å²) in [6.07, 6.45) is 2.48. The fraction of sp³-hybridized carbons (Fsp3) is 0.0667. The lowest BCUT2D eigenvalue weighted by Crippen LogP contribution is -2.02. The number of rotatable bonds is 1. The van der Waals surface area contributed by atoms with Gasteiger partial charge in [-0.15, -0.1) is 0 Å². The van der Waals surface area contributed by atoms with Gasteiger partial charge in [0, 0.05) is 6.42 Å². The van der Waals surface area contributed by atoms with Gasteiger partial charge in [0.05, 0.1) is 6.26 Å². The van der Waals surface area contributed by atoms with E-state index in [0.717, 1.165) is 28.9 Å². The maximum Gasteiger partial charge on any atom is 0.130 e. The van der Waals surface area contributed by atoms with Crippen molar-refractivity contribution >= 4 is 5.57 Å². The monoisotopic (exact) mass is 226 g/mol. The summed E-state index contributed by atoms with van der Waals surface area (Å²) >= 11 is 0. The van der Waals surface area contributed by atoms with Crippen molar-refractivity contribution in [2.24, 2.45) is 0 Å². The number of fused-ring (bicyclic) bond motifs is 1. The van der Waals surface area contributed by atoms with E-state index in [4.69, 9.17) is 4.74 Å². The third kappa shape index (κ3) is 1.94. The number of allylic oxidation sites excluding steroid dienone is 1. The van der Waals surface area contributed by atoms with E-state index in [0.29, 0.717) is 0 Å². The molecule has 3 rings (SSSR count). The van der Waals surface area contributed by atoms with E-state index < -0.39 is 0 Å². The Kier molecular flexibility index (Phi) is 2.41. The third-order valence-corrected chi connectivity index (χ3v) is 2.88. The Labute approximate surface area is 99.2 Å². The molecule has 0 atom stereocenters. The van der Waals surface area contributed by atoms with Crippen molar-refractivity contribution in [1.82, 2.24) is 0 Å². The normalized spacial score (nSPS) is 13.6. The molecule has 0 aromatic heterocycles. The second-order valence-corrected chi connectivity index (χ2v) is 4.06. The fourth-order valence-corrected chi connectivity index (χ4v) is 2.00. The van der Waals surface area contributed by atoms with Crippen molar-refractivity contribution in [1.29, 1.82) is 0 Å². The minimum atomic E-state index is -0.220. The summed E-state index contributed by atoms with van der Waals surface area (Å²) in [7, 11) is 0. The predicted octanol–water partition coefficient (Wildman–Crippen LogP) is 3.80. The van der Waals surface area contributed by atoms with Crippen LogP contribution in [-0.4, -0.2) is 0 Å². The summed E-state index contributed by atoms with van der Waals surface area (Å²) < 4.78 is 18.7. The molecule has 1 nitrogen and oxygen atoms in total. The fourth-order valence-electron chi connectivity index (χ4n) is 2.00. The molecular weight excluding hydrogens is 215 g/mol. The zero-order chi connectivity index (χ0) is 11.7. The molecule has 1 aliphatic rings. The van der Waals surface area contributed by atoms with E-state index in [1.165, 1.54) is 12.1 Å². The average Bonchev–Trinajstić information content (AvgIpc) is 2.38. The number of benzene rings is 2. The van der Waals surface area contributed by atoms with E-state index in [9.17, 15) is 4.39 Å². The summed E-state index contributed by atoms with van der Waals surface area (Å²) in [4.78, 5) is 0. The van der Waals surface area contributed by atoms with Gasteiger partial charge >= 0.3 is 0 Å². The Hall–Kier alpha value is -2.09. The van der Waals surface area contributed by atoms with Gasteiger partial charge < -0.3 is 4.74 Å². The summed E-state index contributed by atoms with van der Waals surface area (Å²) in [5, 5.41) is 0. The molecule has 0 aliphatic carbocycles. The van der Waals surface area contributed by atoms with Crippen molar-refractivity contribution in [2.75, 3.05) is 0 Å². The molecule has 0 spiro atoms. The molecule has 0 N–H and O–H groups in total. The molecule has 0 amide bonds. The SMILES string of the molecule is Fc1cccc(C2=COc3ccccc3C2)c1. The molecule has 1 aliphatic heterocycles. The first-order chi connectivity index (χ1) is 8.33. The molecular formula is C15H11FO. The van der Waals surface area contributed by atoms with Crippen LogP contribution in [0, 0.1) is 5.82 Å². The van der Waals surface area contributed by atoms with Gasteiger partial charge in [0.15, 0.2) is 0 Å². The molecule has 0 fully saturated rings. The van der Waals surface area contributed by atoms with E-state index in [-0.39, 0.29) is 5.82 Å². The standard InChI is InChI=1S/C15H11FO/c16-14-6-3-5-11(9-14)13-8-12-4-1-2-7-15(12)17-10-13/h1-7,9-10H,8H2. The van der Waals surface area contributed by atoms with Crippen LogP contribution in [0.5, 0.6) is 5.75 Å². The number of halogens is 1. The van der Waals surface area contributed by atoms with Crippen LogP contribution in [0.2, 0.25) is 0 Å². The maximum atomic E-state index is 13.2. The van der Waals surface area contributed by atoms with Crippen molar-refractivity contribution in [3.8, 4) is 5.75 Å². The first-order valence-electron chi connectivity index (χ1n) is 5.52. The Balaban J connectivity index is 1.96. The lowest BCUT2D eigenvalue weighted by molar-refractivity contribution is 0.469. The first kappa shape index (κ1) is 10.1. The molecule has 0 radical (unpaired) electrons. The number of hydrogen-bond acceptors (Lipinski definition) is 1. The number of ether oxygens (including phenoxy) is 1. The molecule has 1 heterocycles. The zero-order valence-corrected chi connectivity index (χ0v) is 9.19. The van der Waals surface area contributed by atoms with Crippen LogP contribution in [-0.2, 0) is 6.42 Å². The summed E-state index contributed by atoms with van der Waals surface area (Å²) in [6.45, 7) is 0. The van der Waals surface area contributed by atoms with Crippen molar-refractivity contribution in [3.05, 3.63) is 71.7 Å². The van der Waals surface area contributed by atoms with Gasteiger partial charge in [0.2, 0.25) is 0 Å². The predicted molar refractivity (Wildman–Crippen MR) is 65.2 cm³/mol. The topological polar surface area (TPSA) is 9.23 Å². The van der Waals surface area contributed by atoms with Crippen LogP contribution in [0.25, 0.3) is 5.57 Å². The molecule has 0 saturated heterocycles. The van der Waals surface area contributed by atoms with Gasteiger partial charge in [-0.05, 0) is 34.9 Å². The van der Waals surface area contributed by atoms with Crippen LogP contribution in [0.4, 0.5) is 4.39 Å². The minimum Gasteiger partial charge on any atom is -0.464 e. The average molecular weight is 226 g/mol.